The number of nitrogens with zero attached hydrogens (tertiary/aromatic N) is 1. The zero-order valence-corrected chi connectivity index (χ0v) is 7.58. The van der Waals surface area contributed by atoms with Crippen LogP contribution in [0.3, 0.4) is 0 Å². The van der Waals surface area contributed by atoms with Gasteiger partial charge in [-0.05, 0) is 12.8 Å². The monoisotopic (exact) mass is 206 g/mol. The molecule has 0 aliphatic carbocycles. The molecule has 2 N–H and O–H groups in total. The lowest BCUT2D eigenvalue weighted by molar-refractivity contribution is -0.145. The van der Waals surface area contributed by atoms with Gasteiger partial charge in [0, 0.05) is 13.1 Å². The molecule has 0 aromatic heterocycles. The van der Waals surface area contributed by atoms with Gasteiger partial charge in [-0.15, -0.1) is 0 Å². The van der Waals surface area contributed by atoms with Crippen LogP contribution in [0.5, 0.6) is 0 Å². The van der Waals surface area contributed by atoms with Gasteiger partial charge >= 0.3 is 6.43 Å². The summed E-state index contributed by atoms with van der Waals surface area (Å²) in [5.74, 6) is -2.22. The van der Waals surface area contributed by atoms with Crippen LogP contribution in [0.25, 0.3) is 0 Å². The zero-order chi connectivity index (χ0) is 10.7. The third-order valence-corrected chi connectivity index (χ3v) is 2.32. The van der Waals surface area contributed by atoms with Gasteiger partial charge in [0.25, 0.3) is 5.91 Å². The van der Waals surface area contributed by atoms with E-state index in [1.165, 1.54) is 0 Å². The molecule has 0 aromatic carbocycles. The van der Waals surface area contributed by atoms with Crippen LogP contribution in [0.15, 0.2) is 0 Å². The molecule has 1 rings (SSSR count). The molecule has 4 nitrogen and oxygen atoms in total. The Morgan fingerprint density at radius 3 is 2.57 bits per heavy atom. The second-order valence-electron chi connectivity index (χ2n) is 3.33. The SMILES string of the molecule is NC(=O)C1CCCN(C(=O)C(F)F)C1. The molecular weight excluding hydrogens is 194 g/mol. The number of amides is 2. The largest absolute Gasteiger partial charge is 0.369 e. The fourth-order valence-electron chi connectivity index (χ4n) is 1.55. The topological polar surface area (TPSA) is 63.4 Å². The molecule has 1 aliphatic rings. The lowest BCUT2D eigenvalue weighted by Gasteiger charge is -2.30. The summed E-state index contributed by atoms with van der Waals surface area (Å²) in [6.07, 6.45) is -1.88. The molecule has 1 saturated heterocycles. The van der Waals surface area contributed by atoms with Gasteiger partial charge in [-0.25, -0.2) is 0 Å². The van der Waals surface area contributed by atoms with Crippen LogP contribution >= 0.6 is 0 Å². The van der Waals surface area contributed by atoms with Gasteiger partial charge in [0.2, 0.25) is 5.91 Å². The third-order valence-electron chi connectivity index (χ3n) is 2.32. The van der Waals surface area contributed by atoms with E-state index in [1.54, 1.807) is 0 Å². The Hall–Kier alpha value is -1.20. The summed E-state index contributed by atoms with van der Waals surface area (Å²) in [7, 11) is 0. The quantitative estimate of drug-likeness (QED) is 0.689. The van der Waals surface area contributed by atoms with Crippen LogP contribution in [-0.4, -0.2) is 36.2 Å². The van der Waals surface area contributed by atoms with E-state index in [2.05, 4.69) is 0 Å². The summed E-state index contributed by atoms with van der Waals surface area (Å²) >= 11 is 0. The molecule has 2 amide bonds. The van der Waals surface area contributed by atoms with E-state index in [0.717, 1.165) is 4.90 Å². The van der Waals surface area contributed by atoms with E-state index < -0.39 is 24.2 Å². The highest BCUT2D eigenvalue weighted by atomic mass is 19.3. The average molecular weight is 206 g/mol. The van der Waals surface area contributed by atoms with Crippen LogP contribution < -0.4 is 5.73 Å². The Balaban J connectivity index is 2.56. The van der Waals surface area contributed by atoms with Crippen molar-refractivity contribution in [1.82, 2.24) is 4.90 Å². The molecule has 1 atom stereocenters. The summed E-state index contributed by atoms with van der Waals surface area (Å²) in [6.45, 7) is 0.311. The Kier molecular flexibility index (Phi) is 3.38. The molecule has 0 spiro atoms. The van der Waals surface area contributed by atoms with Crippen LogP contribution in [0, 0.1) is 5.92 Å². The van der Waals surface area contributed by atoms with Crippen molar-refractivity contribution in [3.8, 4) is 0 Å². The van der Waals surface area contributed by atoms with Crippen molar-refractivity contribution in [3.63, 3.8) is 0 Å². The third kappa shape index (κ3) is 2.40. The smallest absolute Gasteiger partial charge is 0.315 e. The van der Waals surface area contributed by atoms with Crippen molar-refractivity contribution in [2.75, 3.05) is 13.1 Å². The van der Waals surface area contributed by atoms with Crippen LogP contribution in [0.1, 0.15) is 12.8 Å². The van der Waals surface area contributed by atoms with Crippen molar-refractivity contribution in [2.45, 2.75) is 19.3 Å². The number of hydrogen-bond donors (Lipinski definition) is 1. The van der Waals surface area contributed by atoms with Gasteiger partial charge in [0.1, 0.15) is 0 Å². The molecule has 1 aliphatic heterocycles. The lowest BCUT2D eigenvalue weighted by Crippen LogP contribution is -2.46. The standard InChI is InChI=1S/C8H12F2N2O2/c9-6(10)8(14)12-3-1-2-5(4-12)7(11)13/h5-6H,1-4H2,(H2,11,13). The Morgan fingerprint density at radius 1 is 1.43 bits per heavy atom. The summed E-state index contributed by atoms with van der Waals surface area (Å²) in [4.78, 5) is 22.7. The predicted octanol–water partition coefficient (Wildman–Crippen LogP) is -0.0246. The fourth-order valence-corrected chi connectivity index (χ4v) is 1.55. The van der Waals surface area contributed by atoms with Gasteiger partial charge in [-0.3, -0.25) is 9.59 Å². The summed E-state index contributed by atoms with van der Waals surface area (Å²) in [6, 6.07) is 0. The average Bonchev–Trinajstić information content (AvgIpc) is 2.16. The van der Waals surface area contributed by atoms with Crippen molar-refractivity contribution in [3.05, 3.63) is 0 Å². The van der Waals surface area contributed by atoms with E-state index in [0.29, 0.717) is 12.8 Å². The number of primary amides is 1. The van der Waals surface area contributed by atoms with E-state index in [-0.39, 0.29) is 13.1 Å². The van der Waals surface area contributed by atoms with Crippen molar-refractivity contribution < 1.29 is 18.4 Å². The number of carbonyl (C=O) groups is 2. The van der Waals surface area contributed by atoms with Gasteiger partial charge in [0.15, 0.2) is 0 Å². The van der Waals surface area contributed by atoms with Crippen molar-refractivity contribution in [2.24, 2.45) is 11.7 Å². The highest BCUT2D eigenvalue weighted by molar-refractivity contribution is 5.81. The van der Waals surface area contributed by atoms with Crippen LogP contribution in [-0.2, 0) is 9.59 Å². The molecule has 0 bridgehead atoms. The first-order valence-electron chi connectivity index (χ1n) is 4.38. The second-order valence-corrected chi connectivity index (χ2v) is 3.33. The molecule has 1 heterocycles. The first-order chi connectivity index (χ1) is 6.52. The Bertz CT molecular complexity index is 245. The molecule has 14 heavy (non-hydrogen) atoms. The summed E-state index contributed by atoms with van der Waals surface area (Å²) in [5.41, 5.74) is 5.04. The fraction of sp³-hybridized carbons (Fsp3) is 0.750. The number of nitrogens with two attached hydrogens (primary N) is 1. The molecule has 80 valence electrons. The minimum absolute atomic E-state index is 0.0263. The van der Waals surface area contributed by atoms with Gasteiger partial charge in [-0.2, -0.15) is 8.78 Å². The number of rotatable bonds is 2. The molecule has 1 unspecified atom stereocenters. The van der Waals surface area contributed by atoms with E-state index in [4.69, 9.17) is 5.73 Å². The normalized spacial score (nSPS) is 22.5. The summed E-state index contributed by atoms with van der Waals surface area (Å²) in [5, 5.41) is 0. The van der Waals surface area contributed by atoms with Crippen LogP contribution in [0.4, 0.5) is 8.78 Å². The molecular formula is C8H12F2N2O2. The lowest BCUT2D eigenvalue weighted by atomic mass is 9.97. The molecule has 6 heteroatoms. The first-order valence-corrected chi connectivity index (χ1v) is 4.38. The number of piperidine rings is 1. The second kappa shape index (κ2) is 4.34. The highest BCUT2D eigenvalue weighted by Crippen LogP contribution is 2.17. The number of alkyl halides is 2. The van der Waals surface area contributed by atoms with E-state index >= 15 is 0 Å². The Morgan fingerprint density at radius 2 is 2.07 bits per heavy atom. The van der Waals surface area contributed by atoms with E-state index in [1.807, 2.05) is 0 Å². The minimum atomic E-state index is -3.00. The Labute approximate surface area is 80.0 Å². The van der Waals surface area contributed by atoms with Crippen LogP contribution in [0.2, 0.25) is 0 Å². The van der Waals surface area contributed by atoms with Crippen molar-refractivity contribution in [1.29, 1.82) is 0 Å². The molecule has 1 fully saturated rings. The number of halogens is 2. The number of likely N-dealkylation sites (tertiary alicyclic amines) is 1. The summed E-state index contributed by atoms with van der Waals surface area (Å²) < 4.78 is 24.1. The maximum Gasteiger partial charge on any atom is 0.315 e. The maximum atomic E-state index is 12.0. The highest BCUT2D eigenvalue weighted by Gasteiger charge is 2.30. The van der Waals surface area contributed by atoms with E-state index in [9.17, 15) is 18.4 Å². The van der Waals surface area contributed by atoms with Crippen molar-refractivity contribution >= 4 is 11.8 Å². The first kappa shape index (κ1) is 10.9. The molecule has 0 saturated carbocycles. The molecule has 0 aromatic rings. The molecule has 0 radical (unpaired) electrons. The predicted molar refractivity (Wildman–Crippen MR) is 44.5 cm³/mol. The maximum absolute atomic E-state index is 12.0. The van der Waals surface area contributed by atoms with Gasteiger partial charge in [0.05, 0.1) is 5.92 Å². The van der Waals surface area contributed by atoms with Gasteiger partial charge in [-0.1, -0.05) is 0 Å². The number of hydrogen-bond acceptors (Lipinski definition) is 2. The zero-order valence-electron chi connectivity index (χ0n) is 7.58. The number of carbonyl (C=O) groups excluding carboxylic acids is 2. The minimum Gasteiger partial charge on any atom is -0.369 e. The van der Waals surface area contributed by atoms with Gasteiger partial charge < -0.3 is 10.6 Å².